The highest BCUT2D eigenvalue weighted by Crippen LogP contribution is 2.32. The number of benzene rings is 2. The molecule has 3 heteroatoms. The van der Waals surface area contributed by atoms with Gasteiger partial charge in [0.1, 0.15) is 0 Å². The maximum atomic E-state index is 4.11. The van der Waals surface area contributed by atoms with Gasteiger partial charge in [-0.1, -0.05) is 6.07 Å². The number of nitrogens with zero attached hydrogens (tertiary/aromatic N) is 3. The quantitative estimate of drug-likeness (QED) is 0.603. The van der Waals surface area contributed by atoms with Gasteiger partial charge in [-0.15, -0.1) is 0 Å². The number of hydrogen-bond acceptors (Lipinski definition) is 2. The summed E-state index contributed by atoms with van der Waals surface area (Å²) in [6.07, 6.45) is 0. The van der Waals surface area contributed by atoms with E-state index in [0.717, 1.165) is 6.54 Å². The molecule has 0 N–H and O–H groups in total. The van der Waals surface area contributed by atoms with Crippen molar-refractivity contribution < 1.29 is 0 Å². The fraction of sp³-hybridized carbons (Fsp3) is 0.333. The smallest absolute Gasteiger partial charge is 0.0849 e. The molecule has 0 amide bonds. The highest BCUT2D eigenvalue weighted by Gasteiger charge is 2.11. The zero-order valence-electron chi connectivity index (χ0n) is 13.1. The minimum Gasteiger partial charge on any atom is -0.341 e. The van der Waals surface area contributed by atoms with Crippen molar-refractivity contribution in [1.82, 2.24) is 4.57 Å². The van der Waals surface area contributed by atoms with Crippen LogP contribution in [0.4, 0.5) is 0 Å². The van der Waals surface area contributed by atoms with Crippen molar-refractivity contribution in [2.45, 2.75) is 33.9 Å². The molecule has 0 radical (unpaired) electrons. The van der Waals surface area contributed by atoms with E-state index in [1.807, 2.05) is 0 Å². The number of aromatic nitrogens is 1. The molecule has 1 heterocycles. The van der Waals surface area contributed by atoms with E-state index in [0.29, 0.717) is 6.54 Å². The standard InChI is InChI=1S/C18H21N3/c1-5-21-17-7-6-14(11-20-19-4)10-16(17)15-8-12(2)13(3)9-18(15)21/h6-10H,5,11H2,1-4H3. The third-order valence-electron chi connectivity index (χ3n) is 4.26. The van der Waals surface area contributed by atoms with E-state index >= 15 is 0 Å². The summed E-state index contributed by atoms with van der Waals surface area (Å²) in [5, 5.41) is 10.6. The van der Waals surface area contributed by atoms with E-state index in [4.69, 9.17) is 0 Å². The van der Waals surface area contributed by atoms with Gasteiger partial charge < -0.3 is 4.57 Å². The van der Waals surface area contributed by atoms with Gasteiger partial charge in [0.15, 0.2) is 0 Å². The second-order valence-electron chi connectivity index (χ2n) is 5.55. The summed E-state index contributed by atoms with van der Waals surface area (Å²) in [5.74, 6) is 0. The first-order chi connectivity index (χ1) is 10.2. The van der Waals surface area contributed by atoms with Gasteiger partial charge in [0, 0.05) is 35.4 Å². The fourth-order valence-corrected chi connectivity index (χ4v) is 3.00. The molecule has 0 spiro atoms. The molecule has 0 unspecified atom stereocenters. The Hall–Kier alpha value is -2.16. The third-order valence-corrected chi connectivity index (χ3v) is 4.26. The highest BCUT2D eigenvalue weighted by molar-refractivity contribution is 6.08. The first-order valence-corrected chi connectivity index (χ1v) is 7.43. The Morgan fingerprint density at radius 1 is 0.952 bits per heavy atom. The SMILES string of the molecule is CCn1c2ccc(CN=NC)cc2c2cc(C)c(C)cc21. The van der Waals surface area contributed by atoms with Crippen LogP contribution < -0.4 is 0 Å². The molecule has 3 rings (SSSR count). The van der Waals surface area contributed by atoms with E-state index in [1.54, 1.807) is 7.05 Å². The van der Waals surface area contributed by atoms with Crippen molar-refractivity contribution in [3.05, 3.63) is 47.0 Å². The summed E-state index contributed by atoms with van der Waals surface area (Å²) in [7, 11) is 1.72. The van der Waals surface area contributed by atoms with Gasteiger partial charge in [0.25, 0.3) is 0 Å². The van der Waals surface area contributed by atoms with Crippen LogP contribution in [0.1, 0.15) is 23.6 Å². The van der Waals surface area contributed by atoms with Gasteiger partial charge in [0.05, 0.1) is 6.54 Å². The lowest BCUT2D eigenvalue weighted by molar-refractivity contribution is 0.826. The van der Waals surface area contributed by atoms with Gasteiger partial charge >= 0.3 is 0 Å². The molecule has 2 aromatic carbocycles. The summed E-state index contributed by atoms with van der Waals surface area (Å²) < 4.78 is 2.39. The van der Waals surface area contributed by atoms with E-state index in [-0.39, 0.29) is 0 Å². The van der Waals surface area contributed by atoms with Crippen LogP contribution in [0.3, 0.4) is 0 Å². The minimum absolute atomic E-state index is 0.649. The molecule has 21 heavy (non-hydrogen) atoms. The van der Waals surface area contributed by atoms with Crippen LogP contribution in [0.25, 0.3) is 21.8 Å². The van der Waals surface area contributed by atoms with E-state index in [1.165, 1.54) is 38.5 Å². The van der Waals surface area contributed by atoms with Gasteiger partial charge in [-0.3, -0.25) is 0 Å². The van der Waals surface area contributed by atoms with E-state index in [2.05, 4.69) is 65.9 Å². The molecule has 0 bridgehead atoms. The Morgan fingerprint density at radius 3 is 2.38 bits per heavy atom. The number of azo groups is 1. The van der Waals surface area contributed by atoms with Crippen molar-refractivity contribution >= 4 is 21.8 Å². The maximum Gasteiger partial charge on any atom is 0.0849 e. The molecule has 0 atom stereocenters. The molecular weight excluding hydrogens is 258 g/mol. The van der Waals surface area contributed by atoms with Crippen molar-refractivity contribution in [2.75, 3.05) is 7.05 Å². The Labute approximate surface area is 125 Å². The Balaban J connectivity index is 2.34. The lowest BCUT2D eigenvalue weighted by atomic mass is 10.0. The van der Waals surface area contributed by atoms with Gasteiger partial charge in [-0.25, -0.2) is 0 Å². The molecule has 3 aromatic rings. The van der Waals surface area contributed by atoms with Crippen molar-refractivity contribution in [3.8, 4) is 0 Å². The minimum atomic E-state index is 0.649. The zero-order valence-corrected chi connectivity index (χ0v) is 13.1. The van der Waals surface area contributed by atoms with Crippen molar-refractivity contribution in [2.24, 2.45) is 10.2 Å². The summed E-state index contributed by atoms with van der Waals surface area (Å²) in [6.45, 7) is 8.19. The summed E-state index contributed by atoms with van der Waals surface area (Å²) in [4.78, 5) is 0. The largest absolute Gasteiger partial charge is 0.341 e. The lowest BCUT2D eigenvalue weighted by Gasteiger charge is -2.05. The van der Waals surface area contributed by atoms with Crippen molar-refractivity contribution in [1.29, 1.82) is 0 Å². The highest BCUT2D eigenvalue weighted by atomic mass is 15.1. The molecule has 3 nitrogen and oxygen atoms in total. The molecule has 1 aromatic heterocycles. The molecule has 0 aliphatic rings. The Morgan fingerprint density at radius 2 is 1.67 bits per heavy atom. The number of hydrogen-bond donors (Lipinski definition) is 0. The van der Waals surface area contributed by atoms with Crippen LogP contribution in [-0.2, 0) is 13.1 Å². The number of fused-ring (bicyclic) bond motifs is 3. The molecular formula is C18H21N3. The van der Waals surface area contributed by atoms with Gasteiger partial charge in [-0.05, 0) is 61.7 Å². The van der Waals surface area contributed by atoms with E-state index < -0.39 is 0 Å². The first-order valence-electron chi connectivity index (χ1n) is 7.43. The van der Waals surface area contributed by atoms with Crippen LogP contribution in [-0.4, -0.2) is 11.6 Å². The summed E-state index contributed by atoms with van der Waals surface area (Å²) >= 11 is 0. The number of rotatable bonds is 3. The Kier molecular flexibility index (Phi) is 3.50. The first kappa shape index (κ1) is 13.8. The van der Waals surface area contributed by atoms with Gasteiger partial charge in [-0.2, -0.15) is 10.2 Å². The van der Waals surface area contributed by atoms with Crippen LogP contribution in [0.2, 0.25) is 0 Å². The molecule has 0 fully saturated rings. The Bertz CT molecular complexity index is 841. The summed E-state index contributed by atoms with van der Waals surface area (Å²) in [5.41, 5.74) is 6.53. The third kappa shape index (κ3) is 2.23. The van der Waals surface area contributed by atoms with Gasteiger partial charge in [0.2, 0.25) is 0 Å². The topological polar surface area (TPSA) is 29.6 Å². The monoisotopic (exact) mass is 279 g/mol. The second-order valence-corrected chi connectivity index (χ2v) is 5.55. The van der Waals surface area contributed by atoms with Crippen LogP contribution in [0.5, 0.6) is 0 Å². The average Bonchev–Trinajstić information content (AvgIpc) is 2.78. The molecule has 0 saturated heterocycles. The second kappa shape index (κ2) is 5.32. The fourth-order valence-electron chi connectivity index (χ4n) is 3.00. The van der Waals surface area contributed by atoms with Crippen LogP contribution in [0, 0.1) is 13.8 Å². The summed E-state index contributed by atoms with van der Waals surface area (Å²) in [6, 6.07) is 11.2. The average molecular weight is 279 g/mol. The molecule has 0 aliphatic heterocycles. The predicted octanol–water partition coefficient (Wildman–Crippen LogP) is 5.01. The molecule has 0 saturated carbocycles. The van der Waals surface area contributed by atoms with E-state index in [9.17, 15) is 0 Å². The zero-order chi connectivity index (χ0) is 15.0. The molecule has 0 aliphatic carbocycles. The lowest BCUT2D eigenvalue weighted by Crippen LogP contribution is -1.93. The van der Waals surface area contributed by atoms with Crippen LogP contribution >= 0.6 is 0 Å². The number of aryl methyl sites for hydroxylation is 3. The van der Waals surface area contributed by atoms with Crippen LogP contribution in [0.15, 0.2) is 40.6 Å². The maximum absolute atomic E-state index is 4.11. The molecule has 108 valence electrons. The van der Waals surface area contributed by atoms with Crippen molar-refractivity contribution in [3.63, 3.8) is 0 Å². The predicted molar refractivity (Wildman–Crippen MR) is 89.1 cm³/mol. The normalized spacial score (nSPS) is 12.0.